The van der Waals surface area contributed by atoms with Crippen molar-refractivity contribution in [3.63, 3.8) is 0 Å². The standard InChI is InChI=1S/C17H23N3O5/c1-3-24-16(22)12(2)19-17(23)18-8-9-20-10-13-6-4-5-7-14(13)25-11-15(20)21/h4-7,12H,3,8-11H2,1-2H3,(H2,18,19,23). The van der Waals surface area contributed by atoms with E-state index in [1.165, 1.54) is 0 Å². The number of amides is 3. The second-order valence-electron chi connectivity index (χ2n) is 5.59. The maximum absolute atomic E-state index is 12.1. The molecule has 1 heterocycles. The molecule has 0 aliphatic carbocycles. The van der Waals surface area contributed by atoms with Gasteiger partial charge in [0.2, 0.25) is 0 Å². The van der Waals surface area contributed by atoms with Crippen molar-refractivity contribution in [2.24, 2.45) is 0 Å². The average molecular weight is 349 g/mol. The van der Waals surface area contributed by atoms with E-state index in [-0.39, 0.29) is 25.7 Å². The molecule has 0 radical (unpaired) electrons. The predicted octanol–water partition coefficient (Wildman–Crippen LogP) is 0.658. The molecule has 2 N–H and O–H groups in total. The largest absolute Gasteiger partial charge is 0.483 e. The lowest BCUT2D eigenvalue weighted by Gasteiger charge is -2.20. The van der Waals surface area contributed by atoms with Crippen LogP contribution in [-0.2, 0) is 20.9 Å². The van der Waals surface area contributed by atoms with Crippen LogP contribution in [0.3, 0.4) is 0 Å². The average Bonchev–Trinajstić information content (AvgIpc) is 2.74. The van der Waals surface area contributed by atoms with Crippen LogP contribution in [-0.4, -0.2) is 55.2 Å². The smallest absolute Gasteiger partial charge is 0.328 e. The van der Waals surface area contributed by atoms with E-state index in [1.54, 1.807) is 18.7 Å². The third-order valence-electron chi connectivity index (χ3n) is 3.69. The van der Waals surface area contributed by atoms with Gasteiger partial charge in [-0.3, -0.25) is 4.79 Å². The Bertz CT molecular complexity index is 634. The number of esters is 1. The Hall–Kier alpha value is -2.77. The number of urea groups is 1. The fourth-order valence-corrected chi connectivity index (χ4v) is 2.38. The van der Waals surface area contributed by atoms with E-state index in [4.69, 9.17) is 9.47 Å². The number of ether oxygens (including phenoxy) is 2. The SMILES string of the molecule is CCOC(=O)C(C)NC(=O)NCCN1Cc2ccccc2OCC1=O. The van der Waals surface area contributed by atoms with E-state index in [0.29, 0.717) is 18.8 Å². The summed E-state index contributed by atoms with van der Waals surface area (Å²) in [7, 11) is 0. The Morgan fingerprint density at radius 2 is 2.12 bits per heavy atom. The lowest BCUT2D eigenvalue weighted by molar-refractivity contribution is -0.144. The van der Waals surface area contributed by atoms with Gasteiger partial charge < -0.3 is 25.0 Å². The fraction of sp³-hybridized carbons (Fsp3) is 0.471. The van der Waals surface area contributed by atoms with Crippen LogP contribution in [0.2, 0.25) is 0 Å². The minimum atomic E-state index is -0.736. The molecule has 136 valence electrons. The minimum absolute atomic E-state index is 0.0247. The number of para-hydroxylation sites is 1. The van der Waals surface area contributed by atoms with E-state index in [9.17, 15) is 14.4 Å². The summed E-state index contributed by atoms with van der Waals surface area (Å²) in [5, 5.41) is 5.12. The minimum Gasteiger partial charge on any atom is -0.483 e. The zero-order valence-electron chi connectivity index (χ0n) is 14.4. The van der Waals surface area contributed by atoms with Gasteiger partial charge in [-0.15, -0.1) is 0 Å². The molecule has 1 atom stereocenters. The van der Waals surface area contributed by atoms with Crippen molar-refractivity contribution in [3.05, 3.63) is 29.8 Å². The molecule has 0 aromatic heterocycles. The molecular weight excluding hydrogens is 326 g/mol. The maximum atomic E-state index is 12.1. The van der Waals surface area contributed by atoms with Crippen molar-refractivity contribution >= 4 is 17.9 Å². The summed E-state index contributed by atoms with van der Waals surface area (Å²) < 4.78 is 10.3. The zero-order chi connectivity index (χ0) is 18.2. The molecule has 1 aliphatic rings. The molecule has 0 saturated heterocycles. The highest BCUT2D eigenvalue weighted by molar-refractivity contribution is 5.83. The molecule has 1 aliphatic heterocycles. The van der Waals surface area contributed by atoms with E-state index >= 15 is 0 Å². The summed E-state index contributed by atoms with van der Waals surface area (Å²) in [5.74, 6) is 0.0692. The summed E-state index contributed by atoms with van der Waals surface area (Å²) in [4.78, 5) is 37.0. The molecular formula is C17H23N3O5. The highest BCUT2D eigenvalue weighted by atomic mass is 16.5. The molecule has 1 aromatic carbocycles. The number of fused-ring (bicyclic) bond motifs is 1. The fourth-order valence-electron chi connectivity index (χ4n) is 2.38. The topological polar surface area (TPSA) is 97.0 Å². The first-order valence-corrected chi connectivity index (χ1v) is 8.20. The molecule has 0 bridgehead atoms. The van der Waals surface area contributed by atoms with Gasteiger partial charge in [-0.1, -0.05) is 18.2 Å². The predicted molar refractivity (Wildman–Crippen MR) is 90.0 cm³/mol. The normalized spacial score (nSPS) is 14.6. The lowest BCUT2D eigenvalue weighted by atomic mass is 10.2. The number of nitrogens with one attached hydrogen (secondary N) is 2. The first-order valence-electron chi connectivity index (χ1n) is 8.20. The first kappa shape index (κ1) is 18.6. The van der Waals surface area contributed by atoms with Gasteiger partial charge in [0.15, 0.2) is 6.61 Å². The zero-order valence-corrected chi connectivity index (χ0v) is 14.4. The monoisotopic (exact) mass is 349 g/mol. The van der Waals surface area contributed by atoms with Gasteiger partial charge in [0.1, 0.15) is 11.8 Å². The molecule has 8 nitrogen and oxygen atoms in total. The Kier molecular flexibility index (Phi) is 6.62. The van der Waals surface area contributed by atoms with Crippen molar-refractivity contribution in [2.45, 2.75) is 26.4 Å². The number of rotatable bonds is 6. The van der Waals surface area contributed by atoms with E-state index in [1.807, 2.05) is 24.3 Å². The summed E-state index contributed by atoms with van der Waals surface area (Å²) >= 11 is 0. The van der Waals surface area contributed by atoms with E-state index in [0.717, 1.165) is 5.56 Å². The Morgan fingerprint density at radius 3 is 2.88 bits per heavy atom. The van der Waals surface area contributed by atoms with Crippen molar-refractivity contribution in [1.82, 2.24) is 15.5 Å². The highest BCUT2D eigenvalue weighted by Gasteiger charge is 2.21. The van der Waals surface area contributed by atoms with E-state index in [2.05, 4.69) is 10.6 Å². The van der Waals surface area contributed by atoms with Crippen LogP contribution in [0.1, 0.15) is 19.4 Å². The van der Waals surface area contributed by atoms with E-state index < -0.39 is 18.0 Å². The van der Waals surface area contributed by atoms with Crippen LogP contribution in [0.25, 0.3) is 0 Å². The van der Waals surface area contributed by atoms with Gasteiger partial charge in [-0.2, -0.15) is 0 Å². The summed E-state index contributed by atoms with van der Waals surface area (Å²) in [6.07, 6.45) is 0. The highest BCUT2D eigenvalue weighted by Crippen LogP contribution is 2.22. The molecule has 3 amide bonds. The molecule has 8 heteroatoms. The summed E-state index contributed by atoms with van der Waals surface area (Å²) in [5.41, 5.74) is 0.925. The molecule has 1 aromatic rings. The van der Waals surface area contributed by atoms with Crippen molar-refractivity contribution in [1.29, 1.82) is 0 Å². The van der Waals surface area contributed by atoms with Crippen LogP contribution in [0.5, 0.6) is 5.75 Å². The molecule has 0 spiro atoms. The van der Waals surface area contributed by atoms with Crippen LogP contribution in [0.15, 0.2) is 24.3 Å². The van der Waals surface area contributed by atoms with Crippen molar-refractivity contribution < 1.29 is 23.9 Å². The molecule has 0 fully saturated rings. The van der Waals surface area contributed by atoms with Crippen LogP contribution in [0, 0.1) is 0 Å². The number of benzene rings is 1. The molecule has 0 saturated carbocycles. The summed E-state index contributed by atoms with van der Waals surface area (Å²) in [6, 6.07) is 6.25. The van der Waals surface area contributed by atoms with Gasteiger partial charge in [0.05, 0.1) is 6.61 Å². The summed E-state index contributed by atoms with van der Waals surface area (Å²) in [6.45, 7) is 4.51. The van der Waals surface area contributed by atoms with Gasteiger partial charge in [-0.05, 0) is 19.9 Å². The van der Waals surface area contributed by atoms with Crippen LogP contribution in [0.4, 0.5) is 4.79 Å². The van der Waals surface area contributed by atoms with Crippen LogP contribution >= 0.6 is 0 Å². The second-order valence-corrected chi connectivity index (χ2v) is 5.59. The molecule has 25 heavy (non-hydrogen) atoms. The Morgan fingerprint density at radius 1 is 1.36 bits per heavy atom. The number of nitrogens with zero attached hydrogens (tertiary/aromatic N) is 1. The van der Waals surface area contributed by atoms with Crippen LogP contribution < -0.4 is 15.4 Å². The molecule has 1 unspecified atom stereocenters. The quantitative estimate of drug-likeness (QED) is 0.736. The first-order chi connectivity index (χ1) is 12.0. The van der Waals surface area contributed by atoms with Crippen molar-refractivity contribution in [2.75, 3.05) is 26.3 Å². The Balaban J connectivity index is 1.79. The Labute approximate surface area is 146 Å². The number of carbonyl (C=O) groups is 3. The van der Waals surface area contributed by atoms with Gasteiger partial charge in [0, 0.05) is 25.2 Å². The van der Waals surface area contributed by atoms with Gasteiger partial charge >= 0.3 is 12.0 Å². The third kappa shape index (κ3) is 5.37. The van der Waals surface area contributed by atoms with Crippen molar-refractivity contribution in [3.8, 4) is 5.75 Å². The third-order valence-corrected chi connectivity index (χ3v) is 3.69. The number of carbonyl (C=O) groups excluding carboxylic acids is 3. The van der Waals surface area contributed by atoms with Gasteiger partial charge in [0.25, 0.3) is 5.91 Å². The number of hydrogen-bond donors (Lipinski definition) is 2. The maximum Gasteiger partial charge on any atom is 0.328 e. The molecule has 2 rings (SSSR count). The second kappa shape index (κ2) is 8.91. The number of hydrogen-bond acceptors (Lipinski definition) is 5. The van der Waals surface area contributed by atoms with Gasteiger partial charge in [-0.25, -0.2) is 9.59 Å². The lowest BCUT2D eigenvalue weighted by Crippen LogP contribution is -2.47.